The third-order valence-corrected chi connectivity index (χ3v) is 6.25. The summed E-state index contributed by atoms with van der Waals surface area (Å²) in [5.41, 5.74) is 3.53. The quantitative estimate of drug-likeness (QED) is 0.350. The second-order valence-corrected chi connectivity index (χ2v) is 8.74. The first kappa shape index (κ1) is 25.8. The van der Waals surface area contributed by atoms with Gasteiger partial charge in [-0.2, -0.15) is 0 Å². The second kappa shape index (κ2) is 11.2. The summed E-state index contributed by atoms with van der Waals surface area (Å²) < 4.78 is 28.5. The fourth-order valence-corrected chi connectivity index (χ4v) is 3.94. The van der Waals surface area contributed by atoms with Crippen LogP contribution in [0.1, 0.15) is 12.5 Å². The topological polar surface area (TPSA) is 66.4 Å². The van der Waals surface area contributed by atoms with Gasteiger partial charge in [-0.3, -0.25) is 9.59 Å². The predicted octanol–water partition coefficient (Wildman–Crippen LogP) is 5.16. The summed E-state index contributed by atoms with van der Waals surface area (Å²) >= 11 is 0. The number of nitrogens with zero attached hydrogens (tertiary/aromatic N) is 2. The Morgan fingerprint density at radius 3 is 2.22 bits per heavy atom. The number of benzene rings is 3. The monoisotopic (exact) mass is 502 g/mol. The van der Waals surface area contributed by atoms with Crippen molar-refractivity contribution in [2.45, 2.75) is 19.5 Å². The molecule has 4 aromatic rings. The number of amides is 1. The van der Waals surface area contributed by atoms with Crippen LogP contribution >= 0.6 is 0 Å². The fraction of sp³-hybridized carbons (Fsp3) is 0.172. The van der Waals surface area contributed by atoms with Crippen LogP contribution in [0.15, 0.2) is 89.7 Å². The van der Waals surface area contributed by atoms with Gasteiger partial charge in [-0.15, -0.1) is 0 Å². The molecule has 0 aliphatic rings. The summed E-state index contributed by atoms with van der Waals surface area (Å²) in [5.74, 6) is -1.02. The molecule has 0 aliphatic heterocycles. The molecule has 190 valence electrons. The SMILES string of the molecule is CNC(C)C(=O)Nc1ccc(-c2ccc(F)cc2)n(Cc2cccc(N(C)c3ccc(F)cc3)c2)c1=O. The standard InChI is InChI=1S/C29H28F2N4O2/c1-19(32-2)28(36)33-26-15-16-27(21-7-9-22(30)10-8-21)35(29(26)37)18-20-5-4-6-25(17-20)34(3)24-13-11-23(31)12-14-24/h4-17,19,32H,18H2,1-3H3,(H,33,36). The third kappa shape index (κ3) is 5.92. The molecule has 0 fully saturated rings. The average molecular weight is 503 g/mol. The first-order chi connectivity index (χ1) is 17.8. The Labute approximate surface area is 214 Å². The molecular formula is C29H28F2N4O2. The maximum Gasteiger partial charge on any atom is 0.275 e. The van der Waals surface area contributed by atoms with Crippen LogP contribution in [0.2, 0.25) is 0 Å². The largest absolute Gasteiger partial charge is 0.345 e. The molecule has 2 N–H and O–H groups in total. The van der Waals surface area contributed by atoms with E-state index in [1.54, 1.807) is 54.9 Å². The number of pyridine rings is 1. The Bertz CT molecular complexity index is 1450. The number of hydrogen-bond donors (Lipinski definition) is 2. The smallest absolute Gasteiger partial charge is 0.275 e. The third-order valence-electron chi connectivity index (χ3n) is 6.25. The van der Waals surface area contributed by atoms with Gasteiger partial charge in [-0.25, -0.2) is 8.78 Å². The Morgan fingerprint density at radius 2 is 1.57 bits per heavy atom. The highest BCUT2D eigenvalue weighted by atomic mass is 19.1. The fourth-order valence-electron chi connectivity index (χ4n) is 3.94. The van der Waals surface area contributed by atoms with E-state index in [4.69, 9.17) is 0 Å². The molecule has 1 unspecified atom stereocenters. The lowest BCUT2D eigenvalue weighted by Gasteiger charge is -2.21. The van der Waals surface area contributed by atoms with Gasteiger partial charge in [0.1, 0.15) is 17.3 Å². The predicted molar refractivity (Wildman–Crippen MR) is 143 cm³/mol. The Balaban J connectivity index is 1.73. The van der Waals surface area contributed by atoms with Gasteiger partial charge >= 0.3 is 0 Å². The van der Waals surface area contributed by atoms with Crippen LogP contribution in [0.3, 0.4) is 0 Å². The minimum atomic E-state index is -0.483. The lowest BCUT2D eigenvalue weighted by atomic mass is 10.1. The van der Waals surface area contributed by atoms with Crippen molar-refractivity contribution >= 4 is 23.0 Å². The first-order valence-corrected chi connectivity index (χ1v) is 11.8. The number of carbonyl (C=O) groups is 1. The molecule has 8 heteroatoms. The molecule has 0 bridgehead atoms. The van der Waals surface area contributed by atoms with E-state index in [-0.39, 0.29) is 35.3 Å². The van der Waals surface area contributed by atoms with Crippen LogP contribution < -0.4 is 21.1 Å². The number of halogens is 2. The Morgan fingerprint density at radius 1 is 0.919 bits per heavy atom. The summed E-state index contributed by atoms with van der Waals surface area (Å²) in [6.07, 6.45) is 0. The van der Waals surface area contributed by atoms with Crippen LogP contribution in [0.25, 0.3) is 11.3 Å². The van der Waals surface area contributed by atoms with E-state index in [1.165, 1.54) is 24.3 Å². The van der Waals surface area contributed by atoms with Gasteiger partial charge in [0.05, 0.1) is 18.3 Å². The first-order valence-electron chi connectivity index (χ1n) is 11.8. The van der Waals surface area contributed by atoms with Gasteiger partial charge in [-0.05, 0) is 97.9 Å². The van der Waals surface area contributed by atoms with Crippen molar-refractivity contribution in [2.24, 2.45) is 0 Å². The number of anilines is 3. The number of likely N-dealkylation sites (N-methyl/N-ethyl adjacent to an activating group) is 1. The minimum Gasteiger partial charge on any atom is -0.345 e. The summed E-state index contributed by atoms with van der Waals surface area (Å²) in [6.45, 7) is 1.91. The molecule has 0 spiro atoms. The molecule has 37 heavy (non-hydrogen) atoms. The number of nitrogens with one attached hydrogen (secondary N) is 2. The Kier molecular flexibility index (Phi) is 7.79. The molecule has 1 atom stereocenters. The number of aromatic nitrogens is 1. The van der Waals surface area contributed by atoms with E-state index >= 15 is 0 Å². The number of carbonyl (C=O) groups excluding carboxylic acids is 1. The van der Waals surface area contributed by atoms with Crippen molar-refractivity contribution in [2.75, 3.05) is 24.3 Å². The molecule has 4 rings (SSSR count). The lowest BCUT2D eigenvalue weighted by molar-refractivity contribution is -0.117. The van der Waals surface area contributed by atoms with E-state index in [9.17, 15) is 18.4 Å². The van der Waals surface area contributed by atoms with Crippen LogP contribution in [-0.4, -0.2) is 30.6 Å². The van der Waals surface area contributed by atoms with Crippen LogP contribution in [0.4, 0.5) is 25.8 Å². The average Bonchev–Trinajstić information content (AvgIpc) is 2.91. The summed E-state index contributed by atoms with van der Waals surface area (Å²) in [7, 11) is 3.54. The van der Waals surface area contributed by atoms with Gasteiger partial charge in [0.15, 0.2) is 0 Å². The highest BCUT2D eigenvalue weighted by molar-refractivity contribution is 5.94. The van der Waals surface area contributed by atoms with E-state index in [1.807, 2.05) is 36.2 Å². The highest BCUT2D eigenvalue weighted by Crippen LogP contribution is 2.26. The molecule has 1 amide bonds. The van der Waals surface area contributed by atoms with Crippen molar-refractivity contribution in [3.05, 3.63) is 112 Å². The van der Waals surface area contributed by atoms with Gasteiger partial charge in [0.25, 0.3) is 5.56 Å². The number of rotatable bonds is 8. The van der Waals surface area contributed by atoms with E-state index in [0.29, 0.717) is 11.3 Å². The molecule has 0 saturated heterocycles. The van der Waals surface area contributed by atoms with E-state index in [2.05, 4.69) is 10.6 Å². The van der Waals surface area contributed by atoms with Crippen molar-refractivity contribution in [3.8, 4) is 11.3 Å². The van der Waals surface area contributed by atoms with Crippen LogP contribution in [0, 0.1) is 11.6 Å². The molecular weight excluding hydrogens is 474 g/mol. The van der Waals surface area contributed by atoms with E-state index < -0.39 is 6.04 Å². The molecule has 1 aromatic heterocycles. The Hall–Kier alpha value is -4.30. The second-order valence-electron chi connectivity index (χ2n) is 8.74. The summed E-state index contributed by atoms with van der Waals surface area (Å²) in [6, 6.07) is 22.6. The van der Waals surface area contributed by atoms with Crippen molar-refractivity contribution in [1.82, 2.24) is 9.88 Å². The van der Waals surface area contributed by atoms with Gasteiger partial charge < -0.3 is 20.1 Å². The minimum absolute atomic E-state index is 0.151. The van der Waals surface area contributed by atoms with Gasteiger partial charge in [-0.1, -0.05) is 12.1 Å². The van der Waals surface area contributed by atoms with Crippen molar-refractivity contribution in [1.29, 1.82) is 0 Å². The van der Waals surface area contributed by atoms with Crippen LogP contribution in [-0.2, 0) is 11.3 Å². The zero-order chi connectivity index (χ0) is 26.5. The maximum absolute atomic E-state index is 13.6. The molecule has 3 aromatic carbocycles. The summed E-state index contributed by atoms with van der Waals surface area (Å²) in [5, 5.41) is 5.55. The van der Waals surface area contributed by atoms with E-state index in [0.717, 1.165) is 16.9 Å². The zero-order valence-electron chi connectivity index (χ0n) is 20.8. The van der Waals surface area contributed by atoms with Gasteiger partial charge in [0, 0.05) is 18.4 Å². The maximum atomic E-state index is 13.6. The van der Waals surface area contributed by atoms with Gasteiger partial charge in [0.2, 0.25) is 5.91 Å². The highest BCUT2D eigenvalue weighted by Gasteiger charge is 2.16. The summed E-state index contributed by atoms with van der Waals surface area (Å²) in [4.78, 5) is 27.9. The number of hydrogen-bond acceptors (Lipinski definition) is 4. The molecule has 0 saturated carbocycles. The van der Waals surface area contributed by atoms with Crippen molar-refractivity contribution < 1.29 is 13.6 Å². The molecule has 6 nitrogen and oxygen atoms in total. The van der Waals surface area contributed by atoms with Crippen molar-refractivity contribution in [3.63, 3.8) is 0 Å². The normalized spacial score (nSPS) is 11.7. The molecule has 0 aliphatic carbocycles. The zero-order valence-corrected chi connectivity index (χ0v) is 20.8. The molecule has 0 radical (unpaired) electrons. The molecule has 1 heterocycles. The van der Waals surface area contributed by atoms with Crippen LogP contribution in [0.5, 0.6) is 0 Å². The lowest BCUT2D eigenvalue weighted by Crippen LogP contribution is -2.37.